The minimum absolute atomic E-state index is 0.0358. The number of likely N-dealkylation sites (N-methyl/N-ethyl adjacent to an activating group) is 1. The molecule has 0 radical (unpaired) electrons. The number of piperazine rings is 1. The first-order valence-corrected chi connectivity index (χ1v) is 10.3. The summed E-state index contributed by atoms with van der Waals surface area (Å²) < 4.78 is 26.3. The van der Waals surface area contributed by atoms with Gasteiger partial charge in [0.2, 0.25) is 15.9 Å². The first-order valence-electron chi connectivity index (χ1n) is 8.84. The molecule has 0 bridgehead atoms. The van der Waals surface area contributed by atoms with Crippen LogP contribution in [0, 0.1) is 0 Å². The lowest BCUT2D eigenvalue weighted by atomic mass is 10.2. The van der Waals surface area contributed by atoms with Crippen molar-refractivity contribution in [3.63, 3.8) is 0 Å². The van der Waals surface area contributed by atoms with Crippen molar-refractivity contribution in [1.82, 2.24) is 19.0 Å². The van der Waals surface area contributed by atoms with Crippen LogP contribution in [0.2, 0.25) is 0 Å². The standard InChI is InChI=1S/C18H22N4O5S/c1-19-13-17(24)22(18(19)25)14-16(23)20-8-10-21(11-9-20)28(26,27)12-7-15-5-3-2-4-6-15/h2-7,12H,8-11,13-14H2,1H3/b12-7+. The van der Waals surface area contributed by atoms with Gasteiger partial charge in [0, 0.05) is 38.6 Å². The Kier molecular flexibility index (Phi) is 5.80. The van der Waals surface area contributed by atoms with Gasteiger partial charge in [-0.3, -0.25) is 14.5 Å². The topological polar surface area (TPSA) is 98.3 Å². The van der Waals surface area contributed by atoms with Crippen LogP contribution in [0.1, 0.15) is 5.56 Å². The van der Waals surface area contributed by atoms with Crippen molar-refractivity contribution in [3.8, 4) is 0 Å². The van der Waals surface area contributed by atoms with Crippen LogP contribution in [0.4, 0.5) is 4.79 Å². The number of benzene rings is 1. The average molecular weight is 406 g/mol. The fourth-order valence-electron chi connectivity index (χ4n) is 3.07. The van der Waals surface area contributed by atoms with Crippen molar-refractivity contribution in [1.29, 1.82) is 0 Å². The third kappa shape index (κ3) is 4.39. The normalized spacial score (nSPS) is 19.1. The molecule has 2 saturated heterocycles. The Labute approximate surface area is 163 Å². The number of amides is 4. The molecule has 28 heavy (non-hydrogen) atoms. The smallest absolute Gasteiger partial charge is 0.327 e. The second kappa shape index (κ2) is 8.11. The molecule has 0 N–H and O–H groups in total. The lowest BCUT2D eigenvalue weighted by molar-refractivity contribution is -0.137. The zero-order chi connectivity index (χ0) is 20.3. The molecule has 9 nitrogen and oxygen atoms in total. The Bertz CT molecular complexity index is 892. The van der Waals surface area contributed by atoms with Crippen molar-refractivity contribution in [2.45, 2.75) is 0 Å². The Balaban J connectivity index is 1.55. The van der Waals surface area contributed by atoms with E-state index in [0.29, 0.717) is 0 Å². The number of rotatable bonds is 5. The highest BCUT2D eigenvalue weighted by Crippen LogP contribution is 2.13. The molecule has 0 saturated carbocycles. The number of carbonyl (C=O) groups is 3. The van der Waals surface area contributed by atoms with Crippen molar-refractivity contribution >= 4 is 33.9 Å². The zero-order valence-corrected chi connectivity index (χ0v) is 16.3. The highest BCUT2D eigenvalue weighted by molar-refractivity contribution is 7.92. The predicted octanol–water partition coefficient (Wildman–Crippen LogP) is 0.0253. The molecule has 2 aliphatic heterocycles. The Morgan fingerprint density at radius 1 is 1.07 bits per heavy atom. The van der Waals surface area contributed by atoms with Gasteiger partial charge in [0.1, 0.15) is 13.1 Å². The molecule has 0 aliphatic carbocycles. The van der Waals surface area contributed by atoms with Crippen molar-refractivity contribution in [2.75, 3.05) is 46.3 Å². The Morgan fingerprint density at radius 3 is 2.29 bits per heavy atom. The molecule has 1 aromatic carbocycles. The SMILES string of the molecule is CN1CC(=O)N(CC(=O)N2CCN(S(=O)(=O)/C=C/c3ccccc3)CC2)C1=O. The summed E-state index contributed by atoms with van der Waals surface area (Å²) in [7, 11) is -2.09. The number of hydrogen-bond acceptors (Lipinski definition) is 5. The molecule has 3 rings (SSSR count). The Morgan fingerprint density at radius 2 is 1.71 bits per heavy atom. The first-order chi connectivity index (χ1) is 13.3. The molecule has 10 heteroatoms. The molecule has 4 amide bonds. The van der Waals surface area contributed by atoms with Crippen LogP contribution in [0.5, 0.6) is 0 Å². The van der Waals surface area contributed by atoms with Gasteiger partial charge >= 0.3 is 6.03 Å². The summed E-state index contributed by atoms with van der Waals surface area (Å²) in [5, 5.41) is 1.16. The van der Waals surface area contributed by atoms with Crippen molar-refractivity contribution in [3.05, 3.63) is 41.3 Å². The van der Waals surface area contributed by atoms with Gasteiger partial charge in [-0.15, -0.1) is 0 Å². The summed E-state index contributed by atoms with van der Waals surface area (Å²) in [6, 6.07) is 8.62. The second-order valence-corrected chi connectivity index (χ2v) is 8.48. The van der Waals surface area contributed by atoms with E-state index >= 15 is 0 Å². The number of hydrogen-bond donors (Lipinski definition) is 0. The number of carbonyl (C=O) groups excluding carboxylic acids is 3. The van der Waals surface area contributed by atoms with E-state index in [1.165, 1.54) is 27.2 Å². The van der Waals surface area contributed by atoms with Crippen LogP contribution in [-0.2, 0) is 19.6 Å². The summed E-state index contributed by atoms with van der Waals surface area (Å²) >= 11 is 0. The number of imide groups is 1. The lowest BCUT2D eigenvalue weighted by Gasteiger charge is -2.34. The predicted molar refractivity (Wildman–Crippen MR) is 102 cm³/mol. The van der Waals surface area contributed by atoms with E-state index in [2.05, 4.69) is 0 Å². The van der Waals surface area contributed by atoms with Gasteiger partial charge in [-0.25, -0.2) is 13.2 Å². The van der Waals surface area contributed by atoms with Crippen LogP contribution in [0.25, 0.3) is 6.08 Å². The van der Waals surface area contributed by atoms with E-state index in [0.717, 1.165) is 15.9 Å². The van der Waals surface area contributed by atoms with E-state index in [-0.39, 0.29) is 45.2 Å². The van der Waals surface area contributed by atoms with Gasteiger partial charge < -0.3 is 9.80 Å². The minimum atomic E-state index is -3.59. The van der Waals surface area contributed by atoms with Gasteiger partial charge in [0.25, 0.3) is 5.91 Å². The molecule has 0 aromatic heterocycles. The maximum atomic E-state index is 12.5. The maximum Gasteiger partial charge on any atom is 0.327 e. The minimum Gasteiger partial charge on any atom is -0.338 e. The quantitative estimate of drug-likeness (QED) is 0.643. The summed E-state index contributed by atoms with van der Waals surface area (Å²) in [6.45, 7) is 0.394. The summed E-state index contributed by atoms with van der Waals surface area (Å²) in [4.78, 5) is 39.7. The van der Waals surface area contributed by atoms with E-state index < -0.39 is 22.0 Å². The third-order valence-electron chi connectivity index (χ3n) is 4.71. The van der Waals surface area contributed by atoms with Crippen LogP contribution in [-0.4, -0.2) is 91.6 Å². The van der Waals surface area contributed by atoms with Crippen LogP contribution in [0.15, 0.2) is 35.7 Å². The van der Waals surface area contributed by atoms with Crippen LogP contribution >= 0.6 is 0 Å². The van der Waals surface area contributed by atoms with Crippen LogP contribution in [0.3, 0.4) is 0 Å². The van der Waals surface area contributed by atoms with Crippen LogP contribution < -0.4 is 0 Å². The molecule has 2 aliphatic rings. The summed E-state index contributed by atoms with van der Waals surface area (Å²) in [6.07, 6.45) is 1.54. The fraction of sp³-hybridized carbons (Fsp3) is 0.389. The molecule has 1 aromatic rings. The zero-order valence-electron chi connectivity index (χ0n) is 15.5. The molecule has 0 unspecified atom stereocenters. The molecular weight excluding hydrogens is 384 g/mol. The van der Waals surface area contributed by atoms with Gasteiger partial charge in [-0.1, -0.05) is 30.3 Å². The van der Waals surface area contributed by atoms with E-state index in [1.54, 1.807) is 12.1 Å². The average Bonchev–Trinajstić information content (AvgIpc) is 2.93. The molecule has 2 fully saturated rings. The molecule has 2 heterocycles. The van der Waals surface area contributed by atoms with Crippen molar-refractivity contribution in [2.24, 2.45) is 0 Å². The molecular formula is C18H22N4O5S. The summed E-state index contributed by atoms with van der Waals surface area (Å²) in [5.74, 6) is -0.776. The number of nitrogens with zero attached hydrogens (tertiary/aromatic N) is 4. The van der Waals surface area contributed by atoms with E-state index in [4.69, 9.17) is 0 Å². The maximum absolute atomic E-state index is 12.5. The Hall–Kier alpha value is -2.72. The van der Waals surface area contributed by atoms with Gasteiger partial charge in [-0.05, 0) is 11.6 Å². The first kappa shape index (κ1) is 20.0. The molecule has 150 valence electrons. The van der Waals surface area contributed by atoms with Gasteiger partial charge in [0.05, 0.1) is 0 Å². The lowest BCUT2D eigenvalue weighted by Crippen LogP contribution is -2.52. The second-order valence-electron chi connectivity index (χ2n) is 6.66. The molecule has 0 spiro atoms. The van der Waals surface area contributed by atoms with E-state index in [9.17, 15) is 22.8 Å². The number of urea groups is 1. The highest BCUT2D eigenvalue weighted by Gasteiger charge is 2.36. The third-order valence-corrected chi connectivity index (χ3v) is 6.27. The van der Waals surface area contributed by atoms with Gasteiger partial charge in [0.15, 0.2) is 0 Å². The summed E-state index contributed by atoms with van der Waals surface area (Å²) in [5.41, 5.74) is 0.782. The number of sulfonamides is 1. The fourth-order valence-corrected chi connectivity index (χ4v) is 4.24. The molecule has 0 atom stereocenters. The highest BCUT2D eigenvalue weighted by atomic mass is 32.2. The monoisotopic (exact) mass is 406 g/mol. The van der Waals surface area contributed by atoms with Gasteiger partial charge in [-0.2, -0.15) is 4.31 Å². The largest absolute Gasteiger partial charge is 0.338 e. The van der Waals surface area contributed by atoms with Crippen molar-refractivity contribution < 1.29 is 22.8 Å². The van der Waals surface area contributed by atoms with E-state index in [1.807, 2.05) is 18.2 Å².